The summed E-state index contributed by atoms with van der Waals surface area (Å²) in [5, 5.41) is 6.62. The van der Waals surface area contributed by atoms with Crippen molar-refractivity contribution in [1.29, 1.82) is 0 Å². The number of hydrogen-bond donors (Lipinski definition) is 2. The van der Waals surface area contributed by atoms with Gasteiger partial charge in [0.2, 0.25) is 0 Å². The molecule has 0 radical (unpaired) electrons. The molecule has 0 amide bonds. The summed E-state index contributed by atoms with van der Waals surface area (Å²) in [5.41, 5.74) is 0. The van der Waals surface area contributed by atoms with E-state index in [1.54, 1.807) is 0 Å². The van der Waals surface area contributed by atoms with Crippen LogP contribution < -0.4 is 10.6 Å². The van der Waals surface area contributed by atoms with Crippen LogP contribution in [0, 0.1) is 5.92 Å². The van der Waals surface area contributed by atoms with Crippen molar-refractivity contribution in [2.45, 2.75) is 76.9 Å². The van der Waals surface area contributed by atoms with Gasteiger partial charge in [-0.1, -0.05) is 6.42 Å². The van der Waals surface area contributed by atoms with Crippen molar-refractivity contribution in [3.05, 3.63) is 0 Å². The van der Waals surface area contributed by atoms with E-state index >= 15 is 0 Å². The molecule has 0 aromatic carbocycles. The summed E-state index contributed by atoms with van der Waals surface area (Å²) in [6.45, 7) is 11.1. The Bertz CT molecular complexity index is 336. The monoisotopic (exact) mass is 338 g/mol. The van der Waals surface area contributed by atoms with Crippen LogP contribution in [-0.2, 0) is 0 Å². The molecule has 4 unspecified atom stereocenters. The van der Waals surface area contributed by atoms with E-state index < -0.39 is 0 Å². The van der Waals surface area contributed by atoms with Gasteiger partial charge in [-0.05, 0) is 105 Å². The average molecular weight is 339 g/mol. The van der Waals surface area contributed by atoms with E-state index in [-0.39, 0.29) is 0 Å². The van der Waals surface area contributed by atoms with Crippen molar-refractivity contribution in [3.63, 3.8) is 0 Å². The van der Waals surface area contributed by atoms with E-state index in [1.807, 2.05) is 0 Å². The zero-order valence-corrected chi connectivity index (χ0v) is 16.7. The van der Waals surface area contributed by atoms with Gasteiger partial charge in [-0.3, -0.25) is 4.90 Å². The van der Waals surface area contributed by atoms with E-state index in [1.165, 1.54) is 64.6 Å². The lowest BCUT2D eigenvalue weighted by Gasteiger charge is -2.50. The minimum absolute atomic E-state index is 0.748. The van der Waals surface area contributed by atoms with Gasteiger partial charge in [0.25, 0.3) is 0 Å². The molecular formula is C20H42N4. The van der Waals surface area contributed by atoms with Crippen LogP contribution in [-0.4, -0.2) is 74.7 Å². The summed E-state index contributed by atoms with van der Waals surface area (Å²) < 4.78 is 0. The second-order valence-electron chi connectivity index (χ2n) is 8.08. The third-order valence-corrected chi connectivity index (χ3v) is 6.50. The Labute approximate surface area is 150 Å². The van der Waals surface area contributed by atoms with Crippen LogP contribution in [0.4, 0.5) is 0 Å². The van der Waals surface area contributed by atoms with Crippen molar-refractivity contribution in [2.24, 2.45) is 5.92 Å². The first-order valence-corrected chi connectivity index (χ1v) is 10.5. The minimum atomic E-state index is 0.748. The fourth-order valence-electron chi connectivity index (χ4n) is 5.10. The molecule has 2 N–H and O–H groups in total. The van der Waals surface area contributed by atoms with Gasteiger partial charge < -0.3 is 15.5 Å². The molecule has 2 rings (SSSR count). The van der Waals surface area contributed by atoms with Gasteiger partial charge >= 0.3 is 0 Å². The largest absolute Gasteiger partial charge is 0.320 e. The van der Waals surface area contributed by atoms with E-state index in [0.29, 0.717) is 0 Å². The first-order valence-electron chi connectivity index (χ1n) is 10.5. The Hall–Kier alpha value is -0.160. The molecule has 4 atom stereocenters. The third-order valence-electron chi connectivity index (χ3n) is 6.50. The van der Waals surface area contributed by atoms with E-state index in [0.717, 1.165) is 37.1 Å². The molecule has 4 nitrogen and oxygen atoms in total. The number of piperidine rings is 2. The van der Waals surface area contributed by atoms with Gasteiger partial charge in [-0.15, -0.1) is 0 Å². The summed E-state index contributed by atoms with van der Waals surface area (Å²) in [6, 6.07) is 2.33. The van der Waals surface area contributed by atoms with Crippen molar-refractivity contribution >= 4 is 0 Å². The topological polar surface area (TPSA) is 30.5 Å². The van der Waals surface area contributed by atoms with Gasteiger partial charge in [-0.25, -0.2) is 0 Å². The molecule has 0 aromatic rings. The van der Waals surface area contributed by atoms with E-state index in [9.17, 15) is 0 Å². The molecule has 0 bridgehead atoms. The highest BCUT2D eigenvalue weighted by molar-refractivity contribution is 4.94. The van der Waals surface area contributed by atoms with Crippen molar-refractivity contribution in [1.82, 2.24) is 20.4 Å². The SMILES string of the molecule is CNCCCN1CCCC(C2CCCC(C)N2CCCNC)C1C. The molecule has 2 fully saturated rings. The number of hydrogen-bond acceptors (Lipinski definition) is 4. The normalized spacial score (nSPS) is 33.0. The number of nitrogens with one attached hydrogen (secondary N) is 2. The average Bonchev–Trinajstić information content (AvgIpc) is 2.58. The first-order chi connectivity index (χ1) is 11.7. The number of likely N-dealkylation sites (tertiary alicyclic amines) is 2. The maximum Gasteiger partial charge on any atom is 0.0141 e. The Morgan fingerprint density at radius 1 is 0.875 bits per heavy atom. The van der Waals surface area contributed by atoms with Crippen LogP contribution in [0.15, 0.2) is 0 Å². The van der Waals surface area contributed by atoms with Gasteiger partial charge in [0.15, 0.2) is 0 Å². The predicted molar refractivity (Wildman–Crippen MR) is 105 cm³/mol. The molecule has 0 saturated carbocycles. The maximum absolute atomic E-state index is 3.32. The number of nitrogens with zero attached hydrogens (tertiary/aromatic N) is 2. The van der Waals surface area contributed by atoms with Crippen LogP contribution in [0.25, 0.3) is 0 Å². The lowest BCUT2D eigenvalue weighted by Crippen LogP contribution is -2.56. The quantitative estimate of drug-likeness (QED) is 0.633. The second-order valence-corrected chi connectivity index (χ2v) is 8.08. The third kappa shape index (κ3) is 5.42. The molecule has 2 saturated heterocycles. The summed E-state index contributed by atoms with van der Waals surface area (Å²) >= 11 is 0. The Morgan fingerprint density at radius 2 is 1.58 bits per heavy atom. The molecule has 0 aromatic heterocycles. The van der Waals surface area contributed by atoms with Gasteiger partial charge in [0, 0.05) is 18.1 Å². The predicted octanol–water partition coefficient (Wildman–Crippen LogP) is 2.55. The Morgan fingerprint density at radius 3 is 2.29 bits per heavy atom. The summed E-state index contributed by atoms with van der Waals surface area (Å²) in [4.78, 5) is 5.65. The number of rotatable bonds is 9. The zero-order chi connectivity index (χ0) is 17.4. The lowest BCUT2D eigenvalue weighted by atomic mass is 9.78. The van der Waals surface area contributed by atoms with Crippen LogP contribution in [0.1, 0.15) is 58.8 Å². The second kappa shape index (κ2) is 10.7. The molecule has 142 valence electrons. The highest BCUT2D eigenvalue weighted by atomic mass is 15.2. The lowest BCUT2D eigenvalue weighted by molar-refractivity contribution is -0.00434. The molecule has 2 aliphatic rings. The maximum atomic E-state index is 3.32. The van der Waals surface area contributed by atoms with Crippen LogP contribution in [0.5, 0.6) is 0 Å². The summed E-state index contributed by atoms with van der Waals surface area (Å²) in [5.74, 6) is 0.866. The smallest absolute Gasteiger partial charge is 0.0141 e. The fourth-order valence-corrected chi connectivity index (χ4v) is 5.10. The zero-order valence-electron chi connectivity index (χ0n) is 16.7. The molecule has 24 heavy (non-hydrogen) atoms. The van der Waals surface area contributed by atoms with Gasteiger partial charge in [-0.2, -0.15) is 0 Å². The van der Waals surface area contributed by atoms with Gasteiger partial charge in [0.1, 0.15) is 0 Å². The Balaban J connectivity index is 1.96. The molecule has 2 aliphatic heterocycles. The fraction of sp³-hybridized carbons (Fsp3) is 1.00. The Kier molecular flexibility index (Phi) is 9.02. The molecule has 4 heteroatoms. The highest BCUT2D eigenvalue weighted by Crippen LogP contribution is 2.35. The van der Waals surface area contributed by atoms with Crippen LogP contribution in [0.2, 0.25) is 0 Å². The first kappa shape index (κ1) is 20.2. The van der Waals surface area contributed by atoms with E-state index in [2.05, 4.69) is 48.4 Å². The van der Waals surface area contributed by atoms with Gasteiger partial charge in [0.05, 0.1) is 0 Å². The summed E-state index contributed by atoms with van der Waals surface area (Å²) in [7, 11) is 4.14. The van der Waals surface area contributed by atoms with Crippen LogP contribution in [0.3, 0.4) is 0 Å². The molecule has 2 heterocycles. The minimum Gasteiger partial charge on any atom is -0.320 e. The van der Waals surface area contributed by atoms with E-state index in [4.69, 9.17) is 0 Å². The standard InChI is InChI=1S/C20H42N4/c1-17-9-5-11-20(24(17)16-8-13-22-4)19-10-6-14-23(18(19)2)15-7-12-21-3/h17-22H,5-16H2,1-4H3. The van der Waals surface area contributed by atoms with Crippen LogP contribution >= 0.6 is 0 Å². The molecular weight excluding hydrogens is 296 g/mol. The summed E-state index contributed by atoms with van der Waals surface area (Å²) in [6.07, 6.45) is 9.63. The van der Waals surface area contributed by atoms with Crippen molar-refractivity contribution in [3.8, 4) is 0 Å². The molecule has 0 aliphatic carbocycles. The highest BCUT2D eigenvalue weighted by Gasteiger charge is 2.38. The van der Waals surface area contributed by atoms with Crippen molar-refractivity contribution in [2.75, 3.05) is 46.8 Å². The molecule has 0 spiro atoms. The van der Waals surface area contributed by atoms with Crippen molar-refractivity contribution < 1.29 is 0 Å².